The molecule has 0 unspecified atom stereocenters. The van der Waals surface area contributed by atoms with E-state index in [4.69, 9.17) is 11.6 Å². The van der Waals surface area contributed by atoms with Crippen LogP contribution in [0.2, 0.25) is 5.02 Å². The fraction of sp³-hybridized carbons (Fsp3) is 0.385. The van der Waals surface area contributed by atoms with Crippen molar-refractivity contribution in [2.75, 3.05) is 27.3 Å². The second kappa shape index (κ2) is 8.24. The number of carbonyl (C=O) groups is 2. The maximum atomic E-state index is 11.4. The zero-order valence-corrected chi connectivity index (χ0v) is 13.5. The van der Waals surface area contributed by atoms with Gasteiger partial charge in [-0.15, -0.1) is 0 Å². The van der Waals surface area contributed by atoms with Crippen LogP contribution in [0.1, 0.15) is 5.56 Å². The van der Waals surface area contributed by atoms with Gasteiger partial charge in [0.25, 0.3) is 0 Å². The van der Waals surface area contributed by atoms with E-state index in [1.807, 2.05) is 12.1 Å². The molecular weight excluding hydrogens is 350 g/mol. The minimum atomic E-state index is -0.429. The summed E-state index contributed by atoms with van der Waals surface area (Å²) in [5.74, 6) is -0.857. The average Bonchev–Trinajstić information content (AvgIpc) is 2.41. The van der Waals surface area contributed by atoms with Gasteiger partial charge in [0.15, 0.2) is 0 Å². The van der Waals surface area contributed by atoms with Crippen molar-refractivity contribution in [3.8, 4) is 0 Å². The topological polar surface area (TPSA) is 55.8 Å². The molecule has 0 atom stereocenters. The van der Waals surface area contributed by atoms with Crippen LogP contribution in [0.15, 0.2) is 22.7 Å². The van der Waals surface area contributed by atoms with Crippen LogP contribution in [0, 0.1) is 0 Å². The molecule has 0 fully saturated rings. The van der Waals surface area contributed by atoms with Gasteiger partial charge in [0.1, 0.15) is 0 Å². The first-order valence-corrected chi connectivity index (χ1v) is 6.93. The fourth-order valence-corrected chi connectivity index (χ4v) is 2.29. The van der Waals surface area contributed by atoms with Crippen LogP contribution in [0.25, 0.3) is 0 Å². The lowest BCUT2D eigenvalue weighted by Gasteiger charge is -2.20. The third kappa shape index (κ3) is 5.48. The van der Waals surface area contributed by atoms with Gasteiger partial charge >= 0.3 is 11.9 Å². The molecule has 1 rings (SSSR count). The predicted molar refractivity (Wildman–Crippen MR) is 78.5 cm³/mol. The molecule has 0 amide bonds. The Morgan fingerprint density at radius 2 is 1.75 bits per heavy atom. The molecule has 0 aromatic heterocycles. The largest absolute Gasteiger partial charge is 0.468 e. The van der Waals surface area contributed by atoms with E-state index in [9.17, 15) is 9.59 Å². The van der Waals surface area contributed by atoms with Crippen molar-refractivity contribution in [1.82, 2.24) is 4.90 Å². The number of ether oxygens (including phenoxy) is 2. The summed E-state index contributed by atoms with van der Waals surface area (Å²) >= 11 is 9.44. The summed E-state index contributed by atoms with van der Waals surface area (Å²) in [6, 6.07) is 5.43. The lowest BCUT2D eigenvalue weighted by molar-refractivity contribution is -0.145. The van der Waals surface area contributed by atoms with Gasteiger partial charge < -0.3 is 9.47 Å². The lowest BCUT2D eigenvalue weighted by atomic mass is 10.2. The van der Waals surface area contributed by atoms with Gasteiger partial charge in [-0.1, -0.05) is 33.6 Å². The van der Waals surface area contributed by atoms with E-state index in [0.29, 0.717) is 11.6 Å². The summed E-state index contributed by atoms with van der Waals surface area (Å²) in [4.78, 5) is 24.3. The molecule has 0 N–H and O–H groups in total. The van der Waals surface area contributed by atoms with E-state index in [1.54, 1.807) is 11.0 Å². The maximum absolute atomic E-state index is 11.4. The van der Waals surface area contributed by atoms with E-state index in [-0.39, 0.29) is 13.1 Å². The number of methoxy groups -OCH3 is 2. The standard InChI is InChI=1S/C13H15BrClNO4/c1-19-12(17)7-16(8-13(18)20-2)6-9-3-4-10(14)5-11(9)15/h3-5H,6-8H2,1-2H3. The number of halogens is 2. The van der Waals surface area contributed by atoms with Crippen LogP contribution in [-0.2, 0) is 25.6 Å². The third-order valence-electron chi connectivity index (χ3n) is 2.57. The zero-order chi connectivity index (χ0) is 15.1. The van der Waals surface area contributed by atoms with E-state index in [2.05, 4.69) is 25.4 Å². The van der Waals surface area contributed by atoms with E-state index in [0.717, 1.165) is 10.0 Å². The summed E-state index contributed by atoms with van der Waals surface area (Å²) in [7, 11) is 2.59. The Labute approximate surface area is 130 Å². The van der Waals surface area contributed by atoms with Crippen LogP contribution in [-0.4, -0.2) is 44.1 Å². The van der Waals surface area contributed by atoms with Crippen molar-refractivity contribution >= 4 is 39.5 Å². The first-order valence-electron chi connectivity index (χ1n) is 5.76. The molecule has 110 valence electrons. The molecular formula is C13H15BrClNO4. The fourth-order valence-electron chi connectivity index (χ4n) is 1.55. The van der Waals surface area contributed by atoms with Crippen molar-refractivity contribution < 1.29 is 19.1 Å². The van der Waals surface area contributed by atoms with Gasteiger partial charge in [0.2, 0.25) is 0 Å². The Morgan fingerprint density at radius 1 is 1.20 bits per heavy atom. The van der Waals surface area contributed by atoms with Crippen LogP contribution < -0.4 is 0 Å². The van der Waals surface area contributed by atoms with Crippen LogP contribution in [0.4, 0.5) is 0 Å². The first kappa shape index (κ1) is 16.9. The monoisotopic (exact) mass is 363 g/mol. The number of hydrogen-bond donors (Lipinski definition) is 0. The van der Waals surface area contributed by atoms with Crippen molar-refractivity contribution in [2.45, 2.75) is 6.54 Å². The number of esters is 2. The van der Waals surface area contributed by atoms with Crippen molar-refractivity contribution in [3.05, 3.63) is 33.3 Å². The average molecular weight is 365 g/mol. The molecule has 7 heteroatoms. The Hall–Kier alpha value is -1.11. The van der Waals surface area contributed by atoms with Gasteiger partial charge in [-0.05, 0) is 17.7 Å². The number of benzene rings is 1. The molecule has 0 bridgehead atoms. The van der Waals surface area contributed by atoms with Gasteiger partial charge in [-0.25, -0.2) is 0 Å². The smallest absolute Gasteiger partial charge is 0.319 e. The van der Waals surface area contributed by atoms with Crippen LogP contribution in [0.5, 0.6) is 0 Å². The Balaban J connectivity index is 2.81. The van der Waals surface area contributed by atoms with Crippen molar-refractivity contribution in [1.29, 1.82) is 0 Å². The van der Waals surface area contributed by atoms with Gasteiger partial charge in [-0.3, -0.25) is 14.5 Å². The van der Waals surface area contributed by atoms with Gasteiger partial charge in [0, 0.05) is 16.0 Å². The second-order valence-corrected chi connectivity index (χ2v) is 5.36. The van der Waals surface area contributed by atoms with E-state index >= 15 is 0 Å². The summed E-state index contributed by atoms with van der Waals surface area (Å²) in [6.45, 7) is 0.312. The van der Waals surface area contributed by atoms with E-state index < -0.39 is 11.9 Å². The van der Waals surface area contributed by atoms with Crippen LogP contribution in [0.3, 0.4) is 0 Å². The highest BCUT2D eigenvalue weighted by Gasteiger charge is 2.17. The van der Waals surface area contributed by atoms with Gasteiger partial charge in [-0.2, -0.15) is 0 Å². The molecule has 0 radical (unpaired) electrons. The zero-order valence-electron chi connectivity index (χ0n) is 11.2. The lowest BCUT2D eigenvalue weighted by Crippen LogP contribution is -2.35. The number of rotatable bonds is 6. The number of carbonyl (C=O) groups excluding carboxylic acids is 2. The first-order chi connectivity index (χ1) is 9.46. The van der Waals surface area contributed by atoms with E-state index in [1.165, 1.54) is 14.2 Å². The maximum Gasteiger partial charge on any atom is 0.319 e. The molecule has 0 heterocycles. The Morgan fingerprint density at radius 3 is 2.20 bits per heavy atom. The minimum absolute atomic E-state index is 0.0159. The third-order valence-corrected chi connectivity index (χ3v) is 3.41. The van der Waals surface area contributed by atoms with Crippen molar-refractivity contribution in [2.24, 2.45) is 0 Å². The number of nitrogens with zero attached hydrogens (tertiary/aromatic N) is 1. The molecule has 1 aromatic rings. The second-order valence-electron chi connectivity index (χ2n) is 4.03. The summed E-state index contributed by atoms with van der Waals surface area (Å²) < 4.78 is 10.1. The molecule has 0 aliphatic heterocycles. The molecule has 1 aromatic carbocycles. The summed E-state index contributed by atoms with van der Waals surface area (Å²) in [6.07, 6.45) is 0. The number of hydrogen-bond acceptors (Lipinski definition) is 5. The Bertz CT molecular complexity index is 477. The van der Waals surface area contributed by atoms with Gasteiger partial charge in [0.05, 0.1) is 27.3 Å². The molecule has 0 aliphatic carbocycles. The molecule has 0 aliphatic rings. The highest BCUT2D eigenvalue weighted by molar-refractivity contribution is 9.10. The van der Waals surface area contributed by atoms with Crippen molar-refractivity contribution in [3.63, 3.8) is 0 Å². The normalized spacial score (nSPS) is 10.4. The molecule has 0 saturated heterocycles. The predicted octanol–water partition coefficient (Wildman–Crippen LogP) is 2.25. The SMILES string of the molecule is COC(=O)CN(CC(=O)OC)Cc1ccc(Br)cc1Cl. The summed E-state index contributed by atoms with van der Waals surface area (Å²) in [5.41, 5.74) is 0.808. The molecule has 5 nitrogen and oxygen atoms in total. The highest BCUT2D eigenvalue weighted by atomic mass is 79.9. The minimum Gasteiger partial charge on any atom is -0.468 e. The Kier molecular flexibility index (Phi) is 6.98. The molecule has 20 heavy (non-hydrogen) atoms. The molecule has 0 spiro atoms. The van der Waals surface area contributed by atoms with Crippen LogP contribution >= 0.6 is 27.5 Å². The molecule has 0 saturated carbocycles. The summed E-state index contributed by atoms with van der Waals surface area (Å²) in [5, 5.41) is 0.555. The quantitative estimate of drug-likeness (QED) is 0.725. The highest BCUT2D eigenvalue weighted by Crippen LogP contribution is 2.22.